The second-order valence-electron chi connectivity index (χ2n) is 8.29. The fourth-order valence-electron chi connectivity index (χ4n) is 3.91. The molecule has 1 N–H and O–H groups in total. The number of nitrogens with zero attached hydrogens (tertiary/aromatic N) is 1. The standard InChI is InChI=1S/C19H28N2O5S/c1-19(2,3)25-18(22)21-10-9-14(17(12-21)26-27(4,23)24)15-11-20-16-8-6-5-7-13(15)16/h5-8,14-15,17,20H,9-12H2,1-4H3. The summed E-state index contributed by atoms with van der Waals surface area (Å²) in [5.74, 6) is 0.142. The van der Waals surface area contributed by atoms with E-state index in [0.29, 0.717) is 13.0 Å². The number of fused-ring (bicyclic) bond motifs is 1. The molecule has 2 aliphatic rings. The monoisotopic (exact) mass is 396 g/mol. The van der Waals surface area contributed by atoms with Crippen LogP contribution in [0.1, 0.15) is 38.7 Å². The van der Waals surface area contributed by atoms with E-state index in [-0.39, 0.29) is 18.4 Å². The zero-order valence-corrected chi connectivity index (χ0v) is 17.1. The normalized spacial score (nSPS) is 25.6. The molecule has 1 aromatic carbocycles. The maximum Gasteiger partial charge on any atom is 0.410 e. The van der Waals surface area contributed by atoms with Crippen LogP contribution in [-0.2, 0) is 19.0 Å². The summed E-state index contributed by atoms with van der Waals surface area (Å²) >= 11 is 0. The second-order valence-corrected chi connectivity index (χ2v) is 9.89. The molecular formula is C19H28N2O5S. The van der Waals surface area contributed by atoms with Gasteiger partial charge < -0.3 is 15.0 Å². The van der Waals surface area contributed by atoms with Gasteiger partial charge in [0.15, 0.2) is 0 Å². The summed E-state index contributed by atoms with van der Waals surface area (Å²) in [4.78, 5) is 14.0. The Hall–Kier alpha value is -1.80. The summed E-state index contributed by atoms with van der Waals surface area (Å²) in [6.45, 7) is 6.88. The van der Waals surface area contributed by atoms with Crippen molar-refractivity contribution in [2.45, 2.75) is 44.8 Å². The summed E-state index contributed by atoms with van der Waals surface area (Å²) in [6.07, 6.45) is 0.671. The van der Waals surface area contributed by atoms with Crippen LogP contribution in [-0.4, -0.2) is 57.0 Å². The predicted molar refractivity (Wildman–Crippen MR) is 103 cm³/mol. The third kappa shape index (κ3) is 4.93. The molecule has 0 radical (unpaired) electrons. The minimum atomic E-state index is -3.65. The van der Waals surface area contributed by atoms with Crippen molar-refractivity contribution >= 4 is 21.9 Å². The third-order valence-corrected chi connectivity index (χ3v) is 5.55. The van der Waals surface area contributed by atoms with E-state index in [1.54, 1.807) is 4.90 Å². The molecule has 0 spiro atoms. The van der Waals surface area contributed by atoms with Crippen molar-refractivity contribution in [2.75, 3.05) is 31.2 Å². The quantitative estimate of drug-likeness (QED) is 0.791. The van der Waals surface area contributed by atoms with Crippen LogP contribution in [0, 0.1) is 5.92 Å². The number of amides is 1. The molecule has 150 valence electrons. The Morgan fingerprint density at radius 2 is 1.96 bits per heavy atom. The van der Waals surface area contributed by atoms with Gasteiger partial charge in [0.1, 0.15) is 5.60 Å². The van der Waals surface area contributed by atoms with Gasteiger partial charge in [0.25, 0.3) is 10.1 Å². The van der Waals surface area contributed by atoms with Gasteiger partial charge in [-0.05, 0) is 44.7 Å². The van der Waals surface area contributed by atoms with Crippen LogP contribution in [0.15, 0.2) is 24.3 Å². The summed E-state index contributed by atoms with van der Waals surface area (Å²) in [5, 5.41) is 3.39. The van der Waals surface area contributed by atoms with Crippen molar-refractivity contribution in [3.05, 3.63) is 29.8 Å². The fraction of sp³-hybridized carbons (Fsp3) is 0.632. The van der Waals surface area contributed by atoms with Crippen LogP contribution in [0.4, 0.5) is 10.5 Å². The van der Waals surface area contributed by atoms with Crippen molar-refractivity contribution in [3.8, 4) is 0 Å². The molecule has 27 heavy (non-hydrogen) atoms. The number of anilines is 1. The van der Waals surface area contributed by atoms with Crippen LogP contribution in [0.5, 0.6) is 0 Å². The molecule has 3 atom stereocenters. The van der Waals surface area contributed by atoms with Crippen molar-refractivity contribution in [1.29, 1.82) is 0 Å². The first-order chi connectivity index (χ1) is 12.5. The van der Waals surface area contributed by atoms with E-state index in [1.807, 2.05) is 39.0 Å². The second kappa shape index (κ2) is 7.31. The minimum absolute atomic E-state index is 0.00504. The van der Waals surface area contributed by atoms with E-state index >= 15 is 0 Å². The van der Waals surface area contributed by atoms with Crippen LogP contribution in [0.3, 0.4) is 0 Å². The molecule has 2 heterocycles. The molecule has 2 aliphatic heterocycles. The van der Waals surface area contributed by atoms with Gasteiger partial charge in [0.05, 0.1) is 18.9 Å². The highest BCUT2D eigenvalue weighted by Crippen LogP contribution is 2.41. The smallest absolute Gasteiger partial charge is 0.410 e. The summed E-state index contributed by atoms with van der Waals surface area (Å²) in [7, 11) is -3.65. The lowest BCUT2D eigenvalue weighted by Crippen LogP contribution is -2.51. The Bertz CT molecular complexity index is 803. The average Bonchev–Trinajstić information content (AvgIpc) is 2.95. The number of carbonyl (C=O) groups is 1. The van der Waals surface area contributed by atoms with E-state index in [4.69, 9.17) is 8.92 Å². The molecule has 1 amide bonds. The maximum absolute atomic E-state index is 12.4. The Labute approximate surface area is 161 Å². The average molecular weight is 397 g/mol. The van der Waals surface area contributed by atoms with Crippen molar-refractivity contribution in [3.63, 3.8) is 0 Å². The van der Waals surface area contributed by atoms with Gasteiger partial charge in [-0.3, -0.25) is 4.18 Å². The molecule has 0 aromatic heterocycles. The number of ether oxygens (including phenoxy) is 1. The minimum Gasteiger partial charge on any atom is -0.444 e. The molecule has 3 rings (SSSR count). The largest absolute Gasteiger partial charge is 0.444 e. The summed E-state index contributed by atoms with van der Waals surface area (Å²) in [5.41, 5.74) is 1.65. The number of rotatable bonds is 3. The number of hydrogen-bond acceptors (Lipinski definition) is 6. The van der Waals surface area contributed by atoms with Crippen LogP contribution in [0.25, 0.3) is 0 Å². The molecule has 1 aromatic rings. The molecule has 0 bridgehead atoms. The molecule has 7 nitrogen and oxygen atoms in total. The molecule has 0 saturated carbocycles. The van der Waals surface area contributed by atoms with Gasteiger partial charge >= 0.3 is 6.09 Å². The van der Waals surface area contributed by atoms with E-state index in [9.17, 15) is 13.2 Å². The Morgan fingerprint density at radius 1 is 1.26 bits per heavy atom. The van der Waals surface area contributed by atoms with Gasteiger partial charge in [-0.25, -0.2) is 4.79 Å². The maximum atomic E-state index is 12.4. The highest BCUT2D eigenvalue weighted by atomic mass is 32.2. The Morgan fingerprint density at radius 3 is 2.63 bits per heavy atom. The van der Waals surface area contributed by atoms with Crippen molar-refractivity contribution in [1.82, 2.24) is 4.90 Å². The lowest BCUT2D eigenvalue weighted by Gasteiger charge is -2.40. The van der Waals surface area contributed by atoms with E-state index < -0.39 is 27.9 Å². The van der Waals surface area contributed by atoms with Crippen molar-refractivity contribution in [2.24, 2.45) is 5.92 Å². The van der Waals surface area contributed by atoms with E-state index in [2.05, 4.69) is 11.4 Å². The lowest BCUT2D eigenvalue weighted by molar-refractivity contribution is -0.00743. The molecule has 8 heteroatoms. The summed E-state index contributed by atoms with van der Waals surface area (Å²) < 4.78 is 34.5. The molecule has 1 fully saturated rings. The van der Waals surface area contributed by atoms with Gasteiger partial charge in [-0.2, -0.15) is 8.42 Å². The molecule has 1 saturated heterocycles. The molecule has 3 unspecified atom stereocenters. The van der Waals surface area contributed by atoms with E-state index in [0.717, 1.165) is 18.5 Å². The Kier molecular flexibility index (Phi) is 5.40. The fourth-order valence-corrected chi connectivity index (χ4v) is 4.56. The highest BCUT2D eigenvalue weighted by molar-refractivity contribution is 7.86. The topological polar surface area (TPSA) is 84.9 Å². The van der Waals surface area contributed by atoms with E-state index in [1.165, 1.54) is 5.56 Å². The third-order valence-electron chi connectivity index (χ3n) is 4.95. The zero-order chi connectivity index (χ0) is 19.8. The number of benzene rings is 1. The first-order valence-electron chi connectivity index (χ1n) is 9.22. The number of para-hydroxylation sites is 1. The number of carbonyl (C=O) groups excluding carboxylic acids is 1. The summed E-state index contributed by atoms with van der Waals surface area (Å²) in [6, 6.07) is 8.06. The van der Waals surface area contributed by atoms with Crippen LogP contribution in [0.2, 0.25) is 0 Å². The zero-order valence-electron chi connectivity index (χ0n) is 16.3. The van der Waals surface area contributed by atoms with Gasteiger partial charge in [0.2, 0.25) is 0 Å². The molecular weight excluding hydrogens is 368 g/mol. The Balaban J connectivity index is 1.80. The first-order valence-corrected chi connectivity index (χ1v) is 11.0. The SMILES string of the molecule is CC(C)(C)OC(=O)N1CCC(C2CNc3ccccc32)C(OS(C)(=O)=O)C1. The first kappa shape index (κ1) is 19.9. The van der Waals surface area contributed by atoms with Gasteiger partial charge in [-0.1, -0.05) is 18.2 Å². The molecule has 0 aliphatic carbocycles. The van der Waals surface area contributed by atoms with Crippen LogP contribution >= 0.6 is 0 Å². The number of nitrogens with one attached hydrogen (secondary N) is 1. The van der Waals surface area contributed by atoms with Gasteiger partial charge in [0, 0.05) is 24.7 Å². The number of hydrogen-bond donors (Lipinski definition) is 1. The number of piperidine rings is 1. The van der Waals surface area contributed by atoms with Crippen molar-refractivity contribution < 1.29 is 22.1 Å². The number of likely N-dealkylation sites (tertiary alicyclic amines) is 1. The lowest BCUT2D eigenvalue weighted by atomic mass is 9.79. The van der Waals surface area contributed by atoms with Crippen LogP contribution < -0.4 is 5.32 Å². The predicted octanol–water partition coefficient (Wildman–Crippen LogP) is 2.80. The highest BCUT2D eigenvalue weighted by Gasteiger charge is 2.42. The van der Waals surface area contributed by atoms with Gasteiger partial charge in [-0.15, -0.1) is 0 Å².